The Morgan fingerprint density at radius 1 is 1.13 bits per heavy atom. The molecule has 0 spiro atoms. The normalized spacial score (nSPS) is 18.7. The molecule has 6 nitrogen and oxygen atoms in total. The van der Waals surface area contributed by atoms with Crippen molar-refractivity contribution in [1.82, 2.24) is 20.3 Å². The molecule has 1 fully saturated rings. The van der Waals surface area contributed by atoms with Gasteiger partial charge in [-0.15, -0.1) is 11.3 Å². The summed E-state index contributed by atoms with van der Waals surface area (Å²) in [5.41, 5.74) is 2.08. The Bertz CT molecular complexity index is 1010. The van der Waals surface area contributed by atoms with Crippen molar-refractivity contribution >= 4 is 28.9 Å². The minimum Gasteiger partial charge on any atom is -0.356 e. The number of pyridine rings is 2. The van der Waals surface area contributed by atoms with Crippen molar-refractivity contribution in [2.75, 3.05) is 11.9 Å². The third-order valence-electron chi connectivity index (χ3n) is 5.53. The second-order valence-corrected chi connectivity index (χ2v) is 9.03. The molecule has 1 aliphatic carbocycles. The van der Waals surface area contributed by atoms with Crippen LogP contribution in [0.25, 0.3) is 10.6 Å². The van der Waals surface area contributed by atoms with E-state index in [2.05, 4.69) is 15.6 Å². The zero-order valence-electron chi connectivity index (χ0n) is 17.4. The van der Waals surface area contributed by atoms with Gasteiger partial charge in [0, 0.05) is 31.8 Å². The van der Waals surface area contributed by atoms with Crippen molar-refractivity contribution in [3.05, 3.63) is 53.3 Å². The van der Waals surface area contributed by atoms with E-state index in [4.69, 9.17) is 9.97 Å². The highest BCUT2D eigenvalue weighted by molar-refractivity contribution is 7.15. The van der Waals surface area contributed by atoms with Gasteiger partial charge in [-0.2, -0.15) is 0 Å². The van der Waals surface area contributed by atoms with Crippen LogP contribution in [0.15, 0.2) is 42.7 Å². The molecule has 0 aliphatic heterocycles. The summed E-state index contributed by atoms with van der Waals surface area (Å²) < 4.78 is 0. The van der Waals surface area contributed by atoms with Crippen molar-refractivity contribution in [2.45, 2.75) is 45.4 Å². The number of rotatable bonds is 6. The summed E-state index contributed by atoms with van der Waals surface area (Å²) in [6.07, 6.45) is 8.28. The average molecular weight is 422 g/mol. The number of aromatic nitrogens is 3. The highest BCUT2D eigenvalue weighted by Gasteiger charge is 2.24. The van der Waals surface area contributed by atoms with Crippen LogP contribution in [-0.4, -0.2) is 27.4 Å². The van der Waals surface area contributed by atoms with E-state index in [9.17, 15) is 4.79 Å². The molecule has 0 radical (unpaired) electrons. The first-order valence-corrected chi connectivity index (χ1v) is 11.3. The third-order valence-corrected chi connectivity index (χ3v) is 6.71. The first kappa shape index (κ1) is 20.5. The molecule has 3 heterocycles. The highest BCUT2D eigenvalue weighted by atomic mass is 32.1. The molecule has 0 bridgehead atoms. The third kappa shape index (κ3) is 5.21. The lowest BCUT2D eigenvalue weighted by molar-refractivity contribution is -0.119. The van der Waals surface area contributed by atoms with Gasteiger partial charge in [-0.25, -0.2) is 15.0 Å². The number of thiazole rings is 1. The van der Waals surface area contributed by atoms with E-state index in [-0.39, 0.29) is 5.91 Å². The fourth-order valence-corrected chi connectivity index (χ4v) is 4.93. The summed E-state index contributed by atoms with van der Waals surface area (Å²) in [5.74, 6) is 2.73. The summed E-state index contributed by atoms with van der Waals surface area (Å²) in [7, 11) is 0. The van der Waals surface area contributed by atoms with Gasteiger partial charge in [-0.1, -0.05) is 6.07 Å². The maximum atomic E-state index is 11.1. The zero-order valence-corrected chi connectivity index (χ0v) is 18.2. The number of aryl methyl sites for hydroxylation is 1. The van der Waals surface area contributed by atoms with Crippen LogP contribution in [0.3, 0.4) is 0 Å². The van der Waals surface area contributed by atoms with Gasteiger partial charge in [0.15, 0.2) is 0 Å². The van der Waals surface area contributed by atoms with Crippen LogP contribution in [0.1, 0.15) is 49.1 Å². The van der Waals surface area contributed by atoms with Crippen molar-refractivity contribution in [3.63, 3.8) is 0 Å². The molecule has 2 N–H and O–H groups in total. The number of hydrogen-bond donors (Lipinski definition) is 2. The Morgan fingerprint density at radius 2 is 1.97 bits per heavy atom. The van der Waals surface area contributed by atoms with E-state index in [0.717, 1.165) is 60.0 Å². The summed E-state index contributed by atoms with van der Waals surface area (Å²) in [6, 6.07) is 9.96. The van der Waals surface area contributed by atoms with Gasteiger partial charge in [0.25, 0.3) is 0 Å². The second kappa shape index (κ2) is 9.34. The molecule has 0 saturated heterocycles. The molecule has 156 valence electrons. The lowest BCUT2D eigenvalue weighted by Gasteiger charge is -2.27. The van der Waals surface area contributed by atoms with Gasteiger partial charge in [0.2, 0.25) is 5.91 Å². The van der Waals surface area contributed by atoms with Crippen molar-refractivity contribution in [1.29, 1.82) is 0 Å². The van der Waals surface area contributed by atoms with Crippen molar-refractivity contribution < 1.29 is 4.79 Å². The molecule has 0 aromatic carbocycles. The van der Waals surface area contributed by atoms with Gasteiger partial charge in [0.1, 0.15) is 11.6 Å². The minimum atomic E-state index is 0.0593. The molecular formula is C23H27N5OS. The Kier molecular flexibility index (Phi) is 6.38. The smallest absolute Gasteiger partial charge is 0.216 e. The number of carbonyl (C=O) groups is 1. The summed E-state index contributed by atoms with van der Waals surface area (Å²) in [4.78, 5) is 26.0. The number of amides is 1. The second-order valence-electron chi connectivity index (χ2n) is 7.97. The molecule has 4 rings (SSSR count). The van der Waals surface area contributed by atoms with Gasteiger partial charge in [0.05, 0.1) is 15.6 Å². The summed E-state index contributed by atoms with van der Waals surface area (Å²) in [5, 5.41) is 7.43. The fraction of sp³-hybridized carbons (Fsp3) is 0.391. The molecule has 7 heteroatoms. The Balaban J connectivity index is 1.40. The van der Waals surface area contributed by atoms with Gasteiger partial charge in [-0.3, -0.25) is 4.79 Å². The molecule has 0 atom stereocenters. The van der Waals surface area contributed by atoms with E-state index in [1.165, 1.54) is 5.01 Å². The van der Waals surface area contributed by atoms with E-state index >= 15 is 0 Å². The first-order chi connectivity index (χ1) is 14.6. The van der Waals surface area contributed by atoms with Gasteiger partial charge < -0.3 is 10.6 Å². The predicted molar refractivity (Wildman–Crippen MR) is 121 cm³/mol. The standard InChI is InChI=1S/C23H27N5OS/c1-15-10-11-24-22(12-15)28-21-5-3-4-19(27-21)20-14-26-23(30-20)18-8-6-17(7-9-18)13-25-16(2)29/h3-5,10-12,14,17-18H,6-9,13H2,1-2H3,(H,25,29)(H,24,27,28). The van der Waals surface area contributed by atoms with Crippen LogP contribution >= 0.6 is 11.3 Å². The monoisotopic (exact) mass is 421 g/mol. The lowest BCUT2D eigenvalue weighted by Crippen LogP contribution is -2.29. The maximum Gasteiger partial charge on any atom is 0.216 e. The average Bonchev–Trinajstić information content (AvgIpc) is 3.23. The van der Waals surface area contributed by atoms with Gasteiger partial charge >= 0.3 is 0 Å². The molecular weight excluding hydrogens is 394 g/mol. The van der Waals surface area contributed by atoms with Crippen LogP contribution in [0.5, 0.6) is 0 Å². The maximum absolute atomic E-state index is 11.1. The quantitative estimate of drug-likeness (QED) is 0.581. The van der Waals surface area contributed by atoms with Crippen LogP contribution in [0.2, 0.25) is 0 Å². The number of hydrogen-bond acceptors (Lipinski definition) is 6. The molecule has 1 amide bonds. The minimum absolute atomic E-state index is 0.0593. The number of nitrogens with zero attached hydrogens (tertiary/aromatic N) is 3. The topological polar surface area (TPSA) is 79.8 Å². The number of anilines is 2. The van der Waals surface area contributed by atoms with Crippen molar-refractivity contribution in [2.24, 2.45) is 5.92 Å². The lowest BCUT2D eigenvalue weighted by atomic mass is 9.82. The Hall–Kier alpha value is -2.80. The molecule has 1 saturated carbocycles. The molecule has 3 aromatic heterocycles. The van der Waals surface area contributed by atoms with Crippen LogP contribution in [0.4, 0.5) is 11.6 Å². The Labute approximate surface area is 181 Å². The van der Waals surface area contributed by atoms with E-state index < -0.39 is 0 Å². The van der Waals surface area contributed by atoms with E-state index in [1.54, 1.807) is 24.5 Å². The SMILES string of the molecule is CC(=O)NCC1CCC(c2ncc(-c3cccc(Nc4cc(C)ccn4)n3)s2)CC1. The zero-order chi connectivity index (χ0) is 20.9. The van der Waals surface area contributed by atoms with E-state index in [0.29, 0.717) is 11.8 Å². The van der Waals surface area contributed by atoms with Gasteiger partial charge in [-0.05, 0) is 68.4 Å². The number of carbonyl (C=O) groups excluding carboxylic acids is 1. The summed E-state index contributed by atoms with van der Waals surface area (Å²) in [6.45, 7) is 4.42. The fourth-order valence-electron chi connectivity index (χ4n) is 3.87. The van der Waals surface area contributed by atoms with Crippen molar-refractivity contribution in [3.8, 4) is 10.6 Å². The van der Waals surface area contributed by atoms with Crippen LogP contribution < -0.4 is 10.6 Å². The molecule has 3 aromatic rings. The predicted octanol–water partition coefficient (Wildman–Crippen LogP) is 5.06. The largest absolute Gasteiger partial charge is 0.356 e. The van der Waals surface area contributed by atoms with Crippen LogP contribution in [0, 0.1) is 12.8 Å². The first-order valence-electron chi connectivity index (χ1n) is 10.4. The summed E-state index contributed by atoms with van der Waals surface area (Å²) >= 11 is 1.74. The Morgan fingerprint density at radius 3 is 2.73 bits per heavy atom. The van der Waals surface area contributed by atoms with Crippen LogP contribution in [-0.2, 0) is 4.79 Å². The molecule has 30 heavy (non-hydrogen) atoms. The molecule has 0 unspecified atom stereocenters. The van der Waals surface area contributed by atoms with E-state index in [1.807, 2.05) is 43.5 Å². The number of nitrogens with one attached hydrogen (secondary N) is 2. The highest BCUT2D eigenvalue weighted by Crippen LogP contribution is 2.39. The molecule has 1 aliphatic rings.